The van der Waals surface area contributed by atoms with Crippen molar-refractivity contribution in [3.8, 4) is 5.69 Å². The van der Waals surface area contributed by atoms with Crippen LogP contribution in [0, 0.1) is 27.5 Å². The maximum absolute atomic E-state index is 11.0. The first-order valence-corrected chi connectivity index (χ1v) is 9.02. The van der Waals surface area contributed by atoms with Crippen molar-refractivity contribution in [1.82, 2.24) is 4.57 Å². The quantitative estimate of drug-likeness (QED) is 0.251. The third kappa shape index (κ3) is 3.77. The topological polar surface area (TPSA) is 72.5 Å². The SMILES string of the molecule is Cc1cc(/C=N\Nc2ccccc2[N+](=O)[O-])c(C)n1-c1ccc(I)cc1. The molecule has 0 amide bonds. The zero-order chi connectivity index (χ0) is 18.7. The van der Waals surface area contributed by atoms with Crippen molar-refractivity contribution in [2.45, 2.75) is 13.8 Å². The predicted octanol–water partition coefficient (Wildman–Crippen LogP) is 5.05. The van der Waals surface area contributed by atoms with Crippen molar-refractivity contribution in [3.63, 3.8) is 0 Å². The lowest BCUT2D eigenvalue weighted by atomic mass is 10.2. The van der Waals surface area contributed by atoms with E-state index in [0.29, 0.717) is 5.69 Å². The first-order valence-electron chi connectivity index (χ1n) is 7.95. The molecule has 0 aliphatic carbocycles. The average Bonchev–Trinajstić information content (AvgIpc) is 2.90. The molecule has 3 aromatic rings. The molecule has 0 aliphatic rings. The normalized spacial score (nSPS) is 11.0. The summed E-state index contributed by atoms with van der Waals surface area (Å²) < 4.78 is 3.34. The van der Waals surface area contributed by atoms with E-state index in [-0.39, 0.29) is 5.69 Å². The molecule has 3 rings (SSSR count). The van der Waals surface area contributed by atoms with Gasteiger partial charge < -0.3 is 4.57 Å². The van der Waals surface area contributed by atoms with E-state index < -0.39 is 4.92 Å². The fourth-order valence-electron chi connectivity index (χ4n) is 2.80. The van der Waals surface area contributed by atoms with Crippen LogP contribution in [-0.2, 0) is 0 Å². The van der Waals surface area contributed by atoms with Gasteiger partial charge in [-0.1, -0.05) is 12.1 Å². The first kappa shape index (κ1) is 18.1. The average molecular weight is 460 g/mol. The second kappa shape index (κ2) is 7.69. The molecule has 0 fully saturated rings. The Morgan fingerprint density at radius 2 is 1.85 bits per heavy atom. The standard InChI is InChI=1S/C19H17IN4O2/c1-13-11-15(14(2)23(13)17-9-7-16(20)8-10-17)12-21-22-18-5-3-4-6-19(18)24(25)26/h3-12,22H,1-2H3/b21-12-. The number of hydrazone groups is 1. The zero-order valence-corrected chi connectivity index (χ0v) is 16.5. The molecule has 0 radical (unpaired) electrons. The molecule has 2 aromatic carbocycles. The molecule has 1 heterocycles. The van der Waals surface area contributed by atoms with Gasteiger partial charge in [0, 0.05) is 32.3 Å². The van der Waals surface area contributed by atoms with Crippen LogP contribution in [0.4, 0.5) is 11.4 Å². The van der Waals surface area contributed by atoms with E-state index in [4.69, 9.17) is 0 Å². The molecule has 1 N–H and O–H groups in total. The lowest BCUT2D eigenvalue weighted by molar-refractivity contribution is -0.384. The van der Waals surface area contributed by atoms with E-state index in [1.54, 1.807) is 24.4 Å². The van der Waals surface area contributed by atoms with Crippen molar-refractivity contribution in [1.29, 1.82) is 0 Å². The summed E-state index contributed by atoms with van der Waals surface area (Å²) in [5.41, 5.74) is 7.31. The Bertz CT molecular complexity index is 978. The molecule has 7 heteroatoms. The summed E-state index contributed by atoms with van der Waals surface area (Å²) in [5, 5.41) is 15.2. The van der Waals surface area contributed by atoms with Crippen molar-refractivity contribution in [3.05, 3.63) is 85.2 Å². The van der Waals surface area contributed by atoms with Crippen LogP contribution in [0.25, 0.3) is 5.69 Å². The number of halogens is 1. The van der Waals surface area contributed by atoms with E-state index in [1.165, 1.54) is 9.64 Å². The van der Waals surface area contributed by atoms with Gasteiger partial charge in [0.1, 0.15) is 5.69 Å². The second-order valence-electron chi connectivity index (χ2n) is 5.78. The molecule has 1 aromatic heterocycles. The zero-order valence-electron chi connectivity index (χ0n) is 14.3. The number of hydrogen-bond donors (Lipinski definition) is 1. The Balaban J connectivity index is 1.85. The van der Waals surface area contributed by atoms with Gasteiger partial charge in [0.25, 0.3) is 5.69 Å². The molecule has 6 nitrogen and oxygen atoms in total. The van der Waals surface area contributed by atoms with Crippen molar-refractivity contribution >= 4 is 40.2 Å². The molecule has 0 bridgehead atoms. The van der Waals surface area contributed by atoms with Crippen molar-refractivity contribution in [2.75, 3.05) is 5.43 Å². The molecule has 0 aliphatic heterocycles. The summed E-state index contributed by atoms with van der Waals surface area (Å²) in [6, 6.07) is 16.8. The number of rotatable bonds is 5. The van der Waals surface area contributed by atoms with E-state index in [2.05, 4.69) is 62.0 Å². The monoisotopic (exact) mass is 460 g/mol. The van der Waals surface area contributed by atoms with E-state index in [0.717, 1.165) is 22.6 Å². The highest BCUT2D eigenvalue weighted by atomic mass is 127. The molecule has 0 saturated heterocycles. The lowest BCUT2D eigenvalue weighted by Gasteiger charge is -2.09. The Morgan fingerprint density at radius 1 is 1.15 bits per heavy atom. The van der Waals surface area contributed by atoms with Crippen molar-refractivity contribution in [2.24, 2.45) is 5.10 Å². The summed E-state index contributed by atoms with van der Waals surface area (Å²) in [7, 11) is 0. The minimum absolute atomic E-state index is 0.00555. The fourth-order valence-corrected chi connectivity index (χ4v) is 3.16. The Morgan fingerprint density at radius 3 is 2.54 bits per heavy atom. The minimum atomic E-state index is -0.430. The van der Waals surface area contributed by atoms with Gasteiger partial charge in [-0.05, 0) is 72.8 Å². The number of nitro groups is 1. The molecule has 26 heavy (non-hydrogen) atoms. The van der Waals surface area contributed by atoms with Gasteiger partial charge in [-0.3, -0.25) is 15.5 Å². The largest absolute Gasteiger partial charge is 0.318 e. The Kier molecular flexibility index (Phi) is 5.36. The molecule has 0 spiro atoms. The fraction of sp³-hybridized carbons (Fsp3) is 0.105. The lowest BCUT2D eigenvalue weighted by Crippen LogP contribution is -2.00. The van der Waals surface area contributed by atoms with Gasteiger partial charge in [0.05, 0.1) is 11.1 Å². The maximum Gasteiger partial charge on any atom is 0.294 e. The summed E-state index contributed by atoms with van der Waals surface area (Å²) in [5.74, 6) is 0. The number of nitrogens with one attached hydrogen (secondary N) is 1. The number of anilines is 1. The van der Waals surface area contributed by atoms with Gasteiger partial charge in [-0.2, -0.15) is 5.10 Å². The number of nitrogens with zero attached hydrogens (tertiary/aromatic N) is 3. The van der Waals surface area contributed by atoms with Crippen LogP contribution in [-0.4, -0.2) is 15.7 Å². The smallest absolute Gasteiger partial charge is 0.294 e. The highest BCUT2D eigenvalue weighted by molar-refractivity contribution is 14.1. The van der Waals surface area contributed by atoms with Gasteiger partial charge in [-0.15, -0.1) is 0 Å². The second-order valence-corrected chi connectivity index (χ2v) is 7.03. The third-order valence-electron chi connectivity index (χ3n) is 4.04. The van der Waals surface area contributed by atoms with E-state index in [9.17, 15) is 10.1 Å². The molecular weight excluding hydrogens is 443 g/mol. The molecular formula is C19H17IN4O2. The van der Waals surface area contributed by atoms with E-state index in [1.807, 2.05) is 19.9 Å². The van der Waals surface area contributed by atoms with Crippen LogP contribution in [0.1, 0.15) is 17.0 Å². The van der Waals surface area contributed by atoms with Crippen LogP contribution in [0.3, 0.4) is 0 Å². The number of hydrogen-bond acceptors (Lipinski definition) is 4. The third-order valence-corrected chi connectivity index (χ3v) is 4.76. The highest BCUT2D eigenvalue weighted by Gasteiger charge is 2.12. The molecule has 0 atom stereocenters. The van der Waals surface area contributed by atoms with Gasteiger partial charge in [0.2, 0.25) is 0 Å². The van der Waals surface area contributed by atoms with Gasteiger partial charge in [0.15, 0.2) is 0 Å². The molecule has 0 saturated carbocycles. The number of benzene rings is 2. The van der Waals surface area contributed by atoms with Crippen molar-refractivity contribution < 1.29 is 4.92 Å². The van der Waals surface area contributed by atoms with Crippen LogP contribution < -0.4 is 5.43 Å². The predicted molar refractivity (Wildman–Crippen MR) is 112 cm³/mol. The Hall–Kier alpha value is -2.68. The Labute approximate surface area is 164 Å². The molecule has 132 valence electrons. The highest BCUT2D eigenvalue weighted by Crippen LogP contribution is 2.24. The first-order chi connectivity index (χ1) is 12.5. The van der Waals surface area contributed by atoms with Crippen LogP contribution in [0.15, 0.2) is 59.7 Å². The summed E-state index contributed by atoms with van der Waals surface area (Å²) in [4.78, 5) is 10.6. The maximum atomic E-state index is 11.0. The van der Waals surface area contributed by atoms with Gasteiger partial charge >= 0.3 is 0 Å². The van der Waals surface area contributed by atoms with Crippen LogP contribution >= 0.6 is 22.6 Å². The number of aryl methyl sites for hydroxylation is 1. The van der Waals surface area contributed by atoms with Crippen LogP contribution in [0.2, 0.25) is 0 Å². The van der Waals surface area contributed by atoms with Gasteiger partial charge in [-0.25, -0.2) is 0 Å². The number of para-hydroxylation sites is 2. The van der Waals surface area contributed by atoms with E-state index >= 15 is 0 Å². The van der Waals surface area contributed by atoms with Crippen LogP contribution in [0.5, 0.6) is 0 Å². The number of nitro benzene ring substituents is 1. The number of aromatic nitrogens is 1. The summed E-state index contributed by atoms with van der Waals surface area (Å²) in [6.45, 7) is 4.06. The minimum Gasteiger partial charge on any atom is -0.318 e. The molecule has 0 unspecified atom stereocenters. The summed E-state index contributed by atoms with van der Waals surface area (Å²) in [6.07, 6.45) is 1.68. The summed E-state index contributed by atoms with van der Waals surface area (Å²) >= 11 is 2.28.